The van der Waals surface area contributed by atoms with Gasteiger partial charge in [0.15, 0.2) is 0 Å². The second-order valence-corrected chi connectivity index (χ2v) is 9.77. The summed E-state index contributed by atoms with van der Waals surface area (Å²) in [5.74, 6) is -3.35. The molecule has 3 heterocycles. The summed E-state index contributed by atoms with van der Waals surface area (Å²) in [6.45, 7) is -0.452. The molecule has 190 valence electrons. The van der Waals surface area contributed by atoms with E-state index in [0.717, 1.165) is 21.3 Å². The molecule has 0 radical (unpaired) electrons. The van der Waals surface area contributed by atoms with E-state index in [0.29, 0.717) is 16.8 Å². The molecule has 2 atom stereocenters. The van der Waals surface area contributed by atoms with Gasteiger partial charge in [0.25, 0.3) is 11.6 Å². The Hall–Kier alpha value is -3.63. The zero-order chi connectivity index (χ0) is 26.0. The van der Waals surface area contributed by atoms with Crippen LogP contribution in [0.4, 0.5) is 5.69 Å². The van der Waals surface area contributed by atoms with E-state index in [1.54, 1.807) is 24.3 Å². The van der Waals surface area contributed by atoms with E-state index in [1.165, 1.54) is 18.9 Å². The monoisotopic (exact) mass is 535 g/mol. The number of para-hydroxylation sites is 1. The average molecular weight is 536 g/mol. The summed E-state index contributed by atoms with van der Waals surface area (Å²) < 4.78 is 6.52. The number of carboxylic acids is 2. The standard InChI is InChI=1S/C20H21N7O7S2/c1-34-20(22-13(28)6-10-4-2-3-5-12(10)21)17(33)27-15(16(31)32)11(8-35-18(20)27)9-36-19-23-24-25-26(19)7-14(29)30/h2-5,18H,6-9,21H2,1H3,(H,22,28)(H,29,30)(H,31,32)/t18-,20?/m1/s1. The number of fused-ring (bicyclic) bond motifs is 1. The number of β-lactam (4-membered cyclic amide) rings is 1. The van der Waals surface area contributed by atoms with Crippen LogP contribution in [-0.2, 0) is 36.9 Å². The first-order chi connectivity index (χ1) is 17.2. The quantitative estimate of drug-likeness (QED) is 0.130. The molecule has 0 aliphatic carbocycles. The second kappa shape index (κ2) is 10.2. The smallest absolute Gasteiger partial charge is 0.352 e. The topological polar surface area (TPSA) is 203 Å². The molecule has 0 saturated carbocycles. The number of carbonyl (C=O) groups excluding carboxylic acids is 2. The number of aromatic nitrogens is 4. The highest BCUT2D eigenvalue weighted by atomic mass is 32.2. The second-order valence-electron chi connectivity index (χ2n) is 7.76. The molecule has 1 unspecified atom stereocenters. The van der Waals surface area contributed by atoms with Gasteiger partial charge in [-0.1, -0.05) is 30.0 Å². The fourth-order valence-corrected chi connectivity index (χ4v) is 6.31. The number of nitrogens with two attached hydrogens (primary N) is 1. The highest BCUT2D eigenvalue weighted by Gasteiger charge is 2.66. The Labute approximate surface area is 212 Å². The lowest BCUT2D eigenvalue weighted by Crippen LogP contribution is -2.80. The fourth-order valence-electron chi connectivity index (χ4n) is 3.85. The molecule has 0 bridgehead atoms. The van der Waals surface area contributed by atoms with Crippen LogP contribution in [0.25, 0.3) is 0 Å². The maximum atomic E-state index is 13.2. The summed E-state index contributed by atoms with van der Waals surface area (Å²) in [5, 5.41) is 31.7. The van der Waals surface area contributed by atoms with E-state index in [-0.39, 0.29) is 28.8 Å². The summed E-state index contributed by atoms with van der Waals surface area (Å²) in [6.07, 6.45) is -0.0863. The number of anilines is 1. The van der Waals surface area contributed by atoms with Gasteiger partial charge in [0.05, 0.1) is 6.42 Å². The molecule has 2 aliphatic heterocycles. The van der Waals surface area contributed by atoms with Gasteiger partial charge in [-0.3, -0.25) is 19.3 Å². The van der Waals surface area contributed by atoms with Gasteiger partial charge in [0, 0.05) is 24.3 Å². The minimum absolute atomic E-state index is 0.0863. The first-order valence-electron chi connectivity index (χ1n) is 10.4. The van der Waals surface area contributed by atoms with Gasteiger partial charge < -0.3 is 26.0 Å². The predicted octanol–water partition coefficient (Wildman–Crippen LogP) is -0.613. The van der Waals surface area contributed by atoms with Gasteiger partial charge in [-0.05, 0) is 27.6 Å². The third-order valence-corrected chi connectivity index (χ3v) is 7.94. The number of methoxy groups -OCH3 is 1. The highest BCUT2D eigenvalue weighted by molar-refractivity contribution is 8.01. The van der Waals surface area contributed by atoms with Crippen LogP contribution in [-0.4, -0.2) is 88.8 Å². The molecule has 1 aromatic heterocycles. The van der Waals surface area contributed by atoms with Crippen LogP contribution in [0, 0.1) is 0 Å². The Bertz CT molecular complexity index is 1270. The number of carboxylic acid groups (broad SMARTS) is 2. The Morgan fingerprint density at radius 2 is 2.08 bits per heavy atom. The van der Waals surface area contributed by atoms with Crippen LogP contribution in [0.2, 0.25) is 0 Å². The third-order valence-electron chi connectivity index (χ3n) is 5.53. The zero-order valence-corrected chi connectivity index (χ0v) is 20.4. The van der Waals surface area contributed by atoms with E-state index >= 15 is 0 Å². The van der Waals surface area contributed by atoms with Crippen molar-refractivity contribution in [2.45, 2.75) is 29.2 Å². The first kappa shape index (κ1) is 25.5. The van der Waals surface area contributed by atoms with Crippen molar-refractivity contribution in [3.05, 3.63) is 41.1 Å². The summed E-state index contributed by atoms with van der Waals surface area (Å²) in [4.78, 5) is 50.2. The van der Waals surface area contributed by atoms with Gasteiger partial charge in [0.1, 0.15) is 17.6 Å². The van der Waals surface area contributed by atoms with Crippen LogP contribution in [0.5, 0.6) is 0 Å². The molecule has 14 nitrogen and oxygen atoms in total. The van der Waals surface area contributed by atoms with Gasteiger partial charge in [-0.2, -0.15) is 0 Å². The minimum atomic E-state index is -1.73. The molecule has 2 amide bonds. The number of nitrogen functional groups attached to an aromatic ring is 1. The van der Waals surface area contributed by atoms with Gasteiger partial charge in [0.2, 0.25) is 11.1 Å². The Morgan fingerprint density at radius 1 is 1.33 bits per heavy atom. The average Bonchev–Trinajstić information content (AvgIpc) is 3.27. The van der Waals surface area contributed by atoms with Crippen LogP contribution >= 0.6 is 23.5 Å². The van der Waals surface area contributed by atoms with Crippen molar-refractivity contribution in [1.82, 2.24) is 30.4 Å². The highest BCUT2D eigenvalue weighted by Crippen LogP contribution is 2.47. The number of nitrogens with zero attached hydrogens (tertiary/aromatic N) is 5. The zero-order valence-electron chi connectivity index (χ0n) is 18.8. The molecular formula is C20H21N7O7S2. The van der Waals surface area contributed by atoms with Crippen molar-refractivity contribution >= 4 is 53.0 Å². The van der Waals surface area contributed by atoms with Crippen molar-refractivity contribution in [2.24, 2.45) is 0 Å². The molecule has 1 fully saturated rings. The van der Waals surface area contributed by atoms with Crippen LogP contribution < -0.4 is 11.1 Å². The number of carbonyl (C=O) groups is 4. The number of thioether (sulfide) groups is 2. The molecule has 0 spiro atoms. The largest absolute Gasteiger partial charge is 0.480 e. The molecule has 1 saturated heterocycles. The number of hydrogen-bond acceptors (Lipinski definition) is 11. The molecular weight excluding hydrogens is 514 g/mol. The lowest BCUT2D eigenvalue weighted by atomic mass is 9.97. The molecule has 36 heavy (non-hydrogen) atoms. The molecule has 16 heteroatoms. The number of hydrogen-bond donors (Lipinski definition) is 4. The molecule has 1 aromatic carbocycles. The summed E-state index contributed by atoms with van der Waals surface area (Å²) in [6, 6.07) is 6.83. The van der Waals surface area contributed by atoms with E-state index in [4.69, 9.17) is 15.6 Å². The number of amides is 2. The molecule has 5 N–H and O–H groups in total. The molecule has 2 aliphatic rings. The maximum absolute atomic E-state index is 13.2. The van der Waals surface area contributed by atoms with E-state index in [9.17, 15) is 24.3 Å². The summed E-state index contributed by atoms with van der Waals surface area (Å²) >= 11 is 2.28. The summed E-state index contributed by atoms with van der Waals surface area (Å²) in [7, 11) is 1.27. The van der Waals surface area contributed by atoms with E-state index in [2.05, 4.69) is 20.8 Å². The first-order valence-corrected chi connectivity index (χ1v) is 12.4. The van der Waals surface area contributed by atoms with Crippen molar-refractivity contribution in [2.75, 3.05) is 24.3 Å². The predicted molar refractivity (Wildman–Crippen MR) is 126 cm³/mol. The van der Waals surface area contributed by atoms with Gasteiger partial charge in [-0.25, -0.2) is 9.48 Å². The van der Waals surface area contributed by atoms with Crippen LogP contribution in [0.3, 0.4) is 0 Å². The van der Waals surface area contributed by atoms with Gasteiger partial charge in [-0.15, -0.1) is 16.9 Å². The minimum Gasteiger partial charge on any atom is -0.480 e. The van der Waals surface area contributed by atoms with Crippen molar-refractivity contribution in [1.29, 1.82) is 0 Å². The maximum Gasteiger partial charge on any atom is 0.352 e. The number of rotatable bonds is 10. The van der Waals surface area contributed by atoms with E-state index in [1.807, 2.05) is 0 Å². The summed E-state index contributed by atoms with van der Waals surface area (Å²) in [5.41, 5.74) is 5.38. The molecule has 4 rings (SSSR count). The third kappa shape index (κ3) is 4.61. The number of benzene rings is 1. The van der Waals surface area contributed by atoms with Crippen molar-refractivity contribution in [3.63, 3.8) is 0 Å². The lowest BCUT2D eigenvalue weighted by Gasteiger charge is -2.55. The normalized spacial score (nSPS) is 21.1. The van der Waals surface area contributed by atoms with E-state index < -0.39 is 41.4 Å². The van der Waals surface area contributed by atoms with Crippen molar-refractivity contribution < 1.29 is 34.1 Å². The number of nitrogens with one attached hydrogen (secondary N) is 1. The fraction of sp³-hybridized carbons (Fsp3) is 0.350. The Morgan fingerprint density at radius 3 is 2.75 bits per heavy atom. The molecule has 2 aromatic rings. The number of ether oxygens (including phenoxy) is 1. The van der Waals surface area contributed by atoms with Crippen LogP contribution in [0.1, 0.15) is 5.56 Å². The van der Waals surface area contributed by atoms with Crippen LogP contribution in [0.15, 0.2) is 40.7 Å². The van der Waals surface area contributed by atoms with Crippen molar-refractivity contribution in [3.8, 4) is 0 Å². The lowest BCUT2D eigenvalue weighted by molar-refractivity contribution is -0.192. The SMILES string of the molecule is COC1(NC(=O)Cc2ccccc2N)C(=O)N2C(C(=O)O)=C(CSc3nnnn3CC(=O)O)CS[C@@H]21. The van der Waals surface area contributed by atoms with Gasteiger partial charge >= 0.3 is 11.9 Å². The number of tetrazole rings is 1. The Balaban J connectivity index is 1.51. The number of aliphatic carboxylic acids is 2. The Kier molecular flexibility index (Phi) is 7.18.